The molecule has 7 rings (SSSR count). The number of rotatable bonds is 11. The summed E-state index contributed by atoms with van der Waals surface area (Å²) in [6, 6.07) is 12.6. The van der Waals surface area contributed by atoms with Crippen molar-refractivity contribution in [2.24, 2.45) is 0 Å². The molecule has 5 heterocycles. The minimum absolute atomic E-state index is 0.001000. The molecule has 2 fully saturated rings. The van der Waals surface area contributed by atoms with E-state index in [1.54, 1.807) is 51.2 Å². The second-order valence-electron chi connectivity index (χ2n) is 18.2. The number of aromatic nitrogens is 2. The average Bonchev–Trinajstić information content (AvgIpc) is 3.89. The lowest BCUT2D eigenvalue weighted by molar-refractivity contribution is -0.158. The number of ether oxygens (including phenoxy) is 3. The van der Waals surface area contributed by atoms with Gasteiger partial charge >= 0.3 is 6.09 Å². The minimum atomic E-state index is -1.36. The van der Waals surface area contributed by atoms with Gasteiger partial charge in [-0.2, -0.15) is 0 Å². The van der Waals surface area contributed by atoms with Crippen LogP contribution in [0.3, 0.4) is 0 Å². The first-order chi connectivity index (χ1) is 29.4. The van der Waals surface area contributed by atoms with Crippen molar-refractivity contribution in [3.63, 3.8) is 0 Å². The number of pyridine rings is 1. The van der Waals surface area contributed by atoms with E-state index in [0.717, 1.165) is 42.1 Å². The van der Waals surface area contributed by atoms with Gasteiger partial charge in [-0.25, -0.2) is 18.7 Å². The van der Waals surface area contributed by atoms with Gasteiger partial charge in [0, 0.05) is 68.2 Å². The van der Waals surface area contributed by atoms with E-state index in [2.05, 4.69) is 46.7 Å². The summed E-state index contributed by atoms with van der Waals surface area (Å²) in [7, 11) is 0.657. The number of anilines is 1. The number of hydrogen-bond donors (Lipinski definition) is 1. The lowest BCUT2D eigenvalue weighted by atomic mass is 10.0. The van der Waals surface area contributed by atoms with Crippen LogP contribution < -0.4 is 10.1 Å². The molecule has 0 bridgehead atoms. The van der Waals surface area contributed by atoms with Gasteiger partial charge in [0.15, 0.2) is 0 Å². The molecule has 3 aliphatic heterocycles. The van der Waals surface area contributed by atoms with E-state index in [4.69, 9.17) is 14.2 Å². The molecule has 14 nitrogen and oxygen atoms in total. The number of likely N-dealkylation sites (tertiary alicyclic amines) is 2. The number of imide groups is 1. The Labute approximate surface area is 361 Å². The first kappa shape index (κ1) is 44.2. The molecule has 4 amide bonds. The van der Waals surface area contributed by atoms with E-state index in [1.165, 1.54) is 21.6 Å². The molecule has 4 aromatic rings. The molecule has 2 aromatic carbocycles. The standard InChI is InChI=1S/C46H53FN6O8Si/c1-46(2,3)61-45(58)53-38-25-40(48-26-30(38)23-39(53)36-14-9-19-50(36)4)49-42(55)33-16-15-31(24-35(33)47)60-20-10-12-29-11-8-13-32-34(29)27-51(43(32)56)37-17-18-41(54)52(44(37)57)28-59-21-22-62(5,6)7/h8,11,13,15-16,23-26,36-37H,9,14,17-22,27-28H2,1-7H3,(H,48,49,55)/t36-,37?/m1/s1. The van der Waals surface area contributed by atoms with Crippen molar-refractivity contribution in [3.8, 4) is 17.6 Å². The second kappa shape index (κ2) is 17.8. The molecule has 2 aromatic heterocycles. The molecule has 0 spiro atoms. The van der Waals surface area contributed by atoms with E-state index in [0.29, 0.717) is 34.2 Å². The molecule has 2 saturated heterocycles. The van der Waals surface area contributed by atoms with Crippen LogP contribution in [0, 0.1) is 17.7 Å². The van der Waals surface area contributed by atoms with Crippen LogP contribution in [0.1, 0.15) is 90.0 Å². The number of hydrogen-bond acceptors (Lipinski definition) is 10. The SMILES string of the molecule is CN1CCC[C@@H]1c1cc2cnc(NC(=O)c3ccc(OCC#Cc4cccc5c4CN(C4CCC(=O)N(COCC[Si](C)(C)C)C4=O)C5=O)cc3F)cc2n1C(=O)OC(C)(C)C. The molecular weight excluding hydrogens is 812 g/mol. The Kier molecular flexibility index (Phi) is 12.7. The highest BCUT2D eigenvalue weighted by molar-refractivity contribution is 6.76. The second-order valence-corrected chi connectivity index (χ2v) is 23.8. The van der Waals surface area contributed by atoms with E-state index in [9.17, 15) is 24.0 Å². The highest BCUT2D eigenvalue weighted by Gasteiger charge is 2.43. The largest absolute Gasteiger partial charge is 0.481 e. The van der Waals surface area contributed by atoms with Gasteiger partial charge in [-0.3, -0.25) is 29.0 Å². The van der Waals surface area contributed by atoms with Crippen LogP contribution >= 0.6 is 0 Å². The maximum atomic E-state index is 15.4. The summed E-state index contributed by atoms with van der Waals surface area (Å²) < 4.78 is 34.1. The smallest absolute Gasteiger partial charge is 0.419 e. The van der Waals surface area contributed by atoms with Crippen LogP contribution in [0.15, 0.2) is 54.7 Å². The summed E-state index contributed by atoms with van der Waals surface area (Å²) >= 11 is 0. The number of amides is 4. The lowest BCUT2D eigenvalue weighted by Gasteiger charge is -2.35. The minimum Gasteiger partial charge on any atom is -0.481 e. The van der Waals surface area contributed by atoms with Gasteiger partial charge in [-0.15, -0.1) is 0 Å². The summed E-state index contributed by atoms with van der Waals surface area (Å²) in [6.45, 7) is 13.3. The first-order valence-corrected chi connectivity index (χ1v) is 24.6. The van der Waals surface area contributed by atoms with Crippen molar-refractivity contribution in [3.05, 3.63) is 88.5 Å². The van der Waals surface area contributed by atoms with Crippen molar-refractivity contribution in [1.82, 2.24) is 24.3 Å². The number of carbonyl (C=O) groups excluding carboxylic acids is 5. The molecule has 62 heavy (non-hydrogen) atoms. The average molecular weight is 865 g/mol. The number of nitrogens with zero attached hydrogens (tertiary/aromatic N) is 5. The van der Waals surface area contributed by atoms with Crippen LogP contribution in [-0.4, -0.2) is 107 Å². The highest BCUT2D eigenvalue weighted by Crippen LogP contribution is 2.36. The van der Waals surface area contributed by atoms with Crippen LogP contribution in [0.4, 0.5) is 15.0 Å². The predicted octanol–water partition coefficient (Wildman–Crippen LogP) is 7.19. The van der Waals surface area contributed by atoms with Gasteiger partial charge in [0.05, 0.1) is 17.1 Å². The summed E-state index contributed by atoms with van der Waals surface area (Å²) in [6.07, 6.45) is 3.25. The number of piperidine rings is 1. The predicted molar refractivity (Wildman–Crippen MR) is 233 cm³/mol. The Morgan fingerprint density at radius 2 is 1.82 bits per heavy atom. The van der Waals surface area contributed by atoms with E-state index in [-0.39, 0.29) is 67.7 Å². The number of nitrogens with one attached hydrogen (secondary N) is 1. The normalized spacial score (nSPS) is 18.2. The Bertz CT molecular complexity index is 2500. The summed E-state index contributed by atoms with van der Waals surface area (Å²) in [5.41, 5.74) is 1.98. The maximum absolute atomic E-state index is 15.4. The van der Waals surface area contributed by atoms with Crippen molar-refractivity contribution < 1.29 is 42.6 Å². The first-order valence-electron chi connectivity index (χ1n) is 20.9. The fourth-order valence-corrected chi connectivity index (χ4v) is 8.70. The Morgan fingerprint density at radius 3 is 2.53 bits per heavy atom. The fraction of sp³-hybridized carbons (Fsp3) is 0.435. The number of carbonyl (C=O) groups is 5. The van der Waals surface area contributed by atoms with Gasteiger partial charge in [0.1, 0.15) is 42.4 Å². The third-order valence-corrected chi connectivity index (χ3v) is 12.9. The summed E-state index contributed by atoms with van der Waals surface area (Å²) in [4.78, 5) is 75.7. The zero-order valence-corrected chi connectivity index (χ0v) is 37.3. The van der Waals surface area contributed by atoms with Crippen LogP contribution in [0.25, 0.3) is 10.9 Å². The molecule has 0 radical (unpaired) electrons. The number of fused-ring (bicyclic) bond motifs is 2. The summed E-state index contributed by atoms with van der Waals surface area (Å²) in [5, 5.41) is 3.35. The van der Waals surface area contributed by atoms with E-state index < -0.39 is 43.4 Å². The van der Waals surface area contributed by atoms with Gasteiger partial charge in [0.2, 0.25) is 5.91 Å². The molecule has 16 heteroatoms. The topological polar surface area (TPSA) is 153 Å². The monoisotopic (exact) mass is 864 g/mol. The van der Waals surface area contributed by atoms with Gasteiger partial charge in [-0.1, -0.05) is 37.5 Å². The van der Waals surface area contributed by atoms with Crippen LogP contribution in [-0.2, 0) is 25.6 Å². The zero-order chi connectivity index (χ0) is 44.5. The Hall–Kier alpha value is -5.89. The van der Waals surface area contributed by atoms with Crippen LogP contribution in [0.2, 0.25) is 25.7 Å². The number of halogens is 1. The Balaban J connectivity index is 0.985. The molecule has 3 aliphatic rings. The quantitative estimate of drug-likeness (QED) is 0.0710. The molecule has 1 N–H and O–H groups in total. The van der Waals surface area contributed by atoms with Crippen LogP contribution in [0.5, 0.6) is 5.75 Å². The van der Waals surface area contributed by atoms with Crippen molar-refractivity contribution >= 4 is 54.5 Å². The molecule has 0 saturated carbocycles. The molecule has 0 aliphatic carbocycles. The highest BCUT2D eigenvalue weighted by atomic mass is 28.3. The Morgan fingerprint density at radius 1 is 1.03 bits per heavy atom. The van der Waals surface area contributed by atoms with Gasteiger partial charge < -0.3 is 24.4 Å². The zero-order valence-electron chi connectivity index (χ0n) is 36.3. The van der Waals surface area contributed by atoms with Gasteiger partial charge in [-0.05, 0) is 95.6 Å². The van der Waals surface area contributed by atoms with Gasteiger partial charge in [0.25, 0.3) is 17.7 Å². The molecule has 1 unspecified atom stereocenters. The third-order valence-electron chi connectivity index (χ3n) is 11.2. The third kappa shape index (κ3) is 9.75. The van der Waals surface area contributed by atoms with E-state index >= 15 is 4.39 Å². The van der Waals surface area contributed by atoms with Crippen molar-refractivity contribution in [1.29, 1.82) is 0 Å². The van der Waals surface area contributed by atoms with Crippen molar-refractivity contribution in [2.45, 2.75) is 96.4 Å². The molecular formula is C46H53FN6O8Si. The summed E-state index contributed by atoms with van der Waals surface area (Å²) in [5.74, 6) is 3.60. The molecule has 2 atom stereocenters. The maximum Gasteiger partial charge on any atom is 0.419 e. The number of benzene rings is 2. The van der Waals surface area contributed by atoms with E-state index in [1.807, 2.05) is 13.1 Å². The van der Waals surface area contributed by atoms with Crippen molar-refractivity contribution in [2.75, 3.05) is 38.9 Å². The molecule has 326 valence electrons. The fourth-order valence-electron chi connectivity index (χ4n) is 7.94. The lowest BCUT2D eigenvalue weighted by Crippen LogP contribution is -2.55.